The first-order valence-electron chi connectivity index (χ1n) is 7.01. The van der Waals surface area contributed by atoms with Gasteiger partial charge in [-0.1, -0.05) is 6.07 Å². The third kappa shape index (κ3) is 3.95. The summed E-state index contributed by atoms with van der Waals surface area (Å²) in [6, 6.07) is 7.30. The van der Waals surface area contributed by atoms with Crippen molar-refractivity contribution in [2.24, 2.45) is 0 Å². The van der Waals surface area contributed by atoms with E-state index in [2.05, 4.69) is 10.2 Å². The minimum atomic E-state index is -0.0697. The fourth-order valence-corrected chi connectivity index (χ4v) is 2.55. The second kappa shape index (κ2) is 7.26. The number of carbonyl (C=O) groups is 1. The van der Waals surface area contributed by atoms with Gasteiger partial charge >= 0.3 is 0 Å². The number of aliphatic hydroxyl groups is 1. The molecule has 2 rings (SSSR count). The average molecular weight is 278 g/mol. The molecular formula is C15H22N2O3. The molecule has 1 fully saturated rings. The lowest BCUT2D eigenvalue weighted by atomic mass is 10.0. The first-order chi connectivity index (χ1) is 9.72. The van der Waals surface area contributed by atoms with Gasteiger partial charge in [-0.2, -0.15) is 0 Å². The monoisotopic (exact) mass is 278 g/mol. The van der Waals surface area contributed by atoms with Crippen LogP contribution in [0.1, 0.15) is 23.2 Å². The third-order valence-corrected chi connectivity index (χ3v) is 3.59. The van der Waals surface area contributed by atoms with Gasteiger partial charge < -0.3 is 15.2 Å². The first kappa shape index (κ1) is 14.8. The van der Waals surface area contributed by atoms with Crippen molar-refractivity contribution in [3.8, 4) is 5.75 Å². The van der Waals surface area contributed by atoms with Crippen LogP contribution in [0.5, 0.6) is 5.75 Å². The van der Waals surface area contributed by atoms with Crippen LogP contribution in [-0.4, -0.2) is 55.3 Å². The molecule has 1 amide bonds. The molecule has 0 radical (unpaired) electrons. The normalized spacial score (nSPS) is 19.6. The number of methoxy groups -OCH3 is 1. The molecular weight excluding hydrogens is 256 g/mol. The van der Waals surface area contributed by atoms with Crippen molar-refractivity contribution in [3.63, 3.8) is 0 Å². The highest BCUT2D eigenvalue weighted by Gasteiger charge is 2.21. The van der Waals surface area contributed by atoms with Crippen LogP contribution in [0, 0.1) is 0 Å². The largest absolute Gasteiger partial charge is 0.497 e. The Kier molecular flexibility index (Phi) is 5.38. The highest BCUT2D eigenvalue weighted by molar-refractivity contribution is 5.94. The average Bonchev–Trinajstić information content (AvgIpc) is 2.48. The standard InChI is InChI=1S/C15H22N2O3/c1-20-14-6-2-4-12(10-14)15(19)16-13-5-3-7-17(11-13)8-9-18/h2,4,6,10,13,18H,3,5,7-9,11H2,1H3,(H,16,19)/t13-/m1/s1. The number of hydrogen-bond donors (Lipinski definition) is 2. The lowest BCUT2D eigenvalue weighted by Gasteiger charge is -2.32. The molecule has 0 aliphatic carbocycles. The number of β-amino-alcohol motifs (C(OH)–C–C–N with tert-alkyl or cyclic N) is 1. The van der Waals surface area contributed by atoms with Gasteiger partial charge in [0.1, 0.15) is 5.75 Å². The van der Waals surface area contributed by atoms with Gasteiger partial charge in [-0.3, -0.25) is 9.69 Å². The Morgan fingerprint density at radius 2 is 2.40 bits per heavy atom. The second-order valence-electron chi connectivity index (χ2n) is 5.07. The minimum Gasteiger partial charge on any atom is -0.497 e. The minimum absolute atomic E-state index is 0.0697. The molecule has 1 heterocycles. The van der Waals surface area contributed by atoms with Gasteiger partial charge in [-0.05, 0) is 37.6 Å². The number of nitrogens with one attached hydrogen (secondary N) is 1. The van der Waals surface area contributed by atoms with Crippen molar-refractivity contribution >= 4 is 5.91 Å². The zero-order chi connectivity index (χ0) is 14.4. The summed E-state index contributed by atoms with van der Waals surface area (Å²) in [5.74, 6) is 0.614. The van der Waals surface area contributed by atoms with E-state index >= 15 is 0 Å². The van der Waals surface area contributed by atoms with E-state index in [0.717, 1.165) is 25.9 Å². The Morgan fingerprint density at radius 3 is 3.15 bits per heavy atom. The molecule has 5 heteroatoms. The maximum absolute atomic E-state index is 12.2. The van der Waals surface area contributed by atoms with Crippen LogP contribution in [0.3, 0.4) is 0 Å². The first-order valence-corrected chi connectivity index (χ1v) is 7.01. The molecule has 2 N–H and O–H groups in total. The summed E-state index contributed by atoms with van der Waals surface area (Å²) in [5.41, 5.74) is 0.614. The zero-order valence-electron chi connectivity index (χ0n) is 11.8. The number of ether oxygens (including phenoxy) is 1. The summed E-state index contributed by atoms with van der Waals surface area (Å²) in [6.45, 7) is 2.63. The summed E-state index contributed by atoms with van der Waals surface area (Å²) >= 11 is 0. The summed E-state index contributed by atoms with van der Waals surface area (Å²) in [6.07, 6.45) is 2.03. The van der Waals surface area contributed by atoms with E-state index in [4.69, 9.17) is 9.84 Å². The highest BCUT2D eigenvalue weighted by Crippen LogP contribution is 2.14. The van der Waals surface area contributed by atoms with Crippen molar-refractivity contribution in [2.45, 2.75) is 18.9 Å². The second-order valence-corrected chi connectivity index (χ2v) is 5.07. The van der Waals surface area contributed by atoms with E-state index in [1.165, 1.54) is 0 Å². The van der Waals surface area contributed by atoms with Crippen molar-refractivity contribution in [3.05, 3.63) is 29.8 Å². The number of likely N-dealkylation sites (tertiary alicyclic amines) is 1. The van der Waals surface area contributed by atoms with Gasteiger partial charge in [-0.15, -0.1) is 0 Å². The van der Waals surface area contributed by atoms with Gasteiger partial charge in [0.05, 0.1) is 13.7 Å². The van der Waals surface area contributed by atoms with Gasteiger partial charge in [0.2, 0.25) is 0 Å². The van der Waals surface area contributed by atoms with Crippen LogP contribution in [-0.2, 0) is 0 Å². The van der Waals surface area contributed by atoms with Crippen molar-refractivity contribution in [1.82, 2.24) is 10.2 Å². The van der Waals surface area contributed by atoms with Gasteiger partial charge in [-0.25, -0.2) is 0 Å². The summed E-state index contributed by atoms with van der Waals surface area (Å²) in [5, 5.41) is 12.0. The quantitative estimate of drug-likeness (QED) is 0.839. The fourth-order valence-electron chi connectivity index (χ4n) is 2.55. The molecule has 0 aromatic heterocycles. The lowest BCUT2D eigenvalue weighted by molar-refractivity contribution is 0.0893. The Bertz CT molecular complexity index is 448. The van der Waals surface area contributed by atoms with Gasteiger partial charge in [0.25, 0.3) is 5.91 Å². The number of hydrogen-bond acceptors (Lipinski definition) is 4. The molecule has 20 heavy (non-hydrogen) atoms. The molecule has 0 unspecified atom stereocenters. The van der Waals surface area contributed by atoms with E-state index in [-0.39, 0.29) is 18.6 Å². The molecule has 1 aliphatic heterocycles. The maximum Gasteiger partial charge on any atom is 0.251 e. The summed E-state index contributed by atoms with van der Waals surface area (Å²) in [7, 11) is 1.59. The Morgan fingerprint density at radius 1 is 1.55 bits per heavy atom. The van der Waals surface area contributed by atoms with E-state index in [1.807, 2.05) is 12.1 Å². The van der Waals surface area contributed by atoms with E-state index in [1.54, 1.807) is 19.2 Å². The van der Waals surface area contributed by atoms with Crippen LogP contribution in [0.15, 0.2) is 24.3 Å². The topological polar surface area (TPSA) is 61.8 Å². The molecule has 0 saturated carbocycles. The molecule has 1 saturated heterocycles. The molecule has 1 aliphatic rings. The van der Waals surface area contributed by atoms with Crippen molar-refractivity contribution < 1.29 is 14.6 Å². The Hall–Kier alpha value is -1.59. The fraction of sp³-hybridized carbons (Fsp3) is 0.533. The predicted molar refractivity (Wildman–Crippen MR) is 77.0 cm³/mol. The SMILES string of the molecule is COc1cccc(C(=O)N[C@@H]2CCCN(CCO)C2)c1. The molecule has 110 valence electrons. The highest BCUT2D eigenvalue weighted by atomic mass is 16.5. The predicted octanol–water partition coefficient (Wildman–Crippen LogP) is 0.882. The van der Waals surface area contributed by atoms with Crippen LogP contribution < -0.4 is 10.1 Å². The number of nitrogens with zero attached hydrogens (tertiary/aromatic N) is 1. The van der Waals surface area contributed by atoms with E-state index in [0.29, 0.717) is 17.9 Å². The third-order valence-electron chi connectivity index (χ3n) is 3.59. The van der Waals surface area contributed by atoms with Crippen LogP contribution in [0.2, 0.25) is 0 Å². The van der Waals surface area contributed by atoms with Crippen molar-refractivity contribution in [2.75, 3.05) is 33.4 Å². The zero-order valence-corrected chi connectivity index (χ0v) is 11.8. The van der Waals surface area contributed by atoms with Crippen LogP contribution in [0.25, 0.3) is 0 Å². The number of carbonyl (C=O) groups excluding carboxylic acids is 1. The van der Waals surface area contributed by atoms with E-state index in [9.17, 15) is 4.79 Å². The smallest absolute Gasteiger partial charge is 0.251 e. The lowest BCUT2D eigenvalue weighted by Crippen LogP contribution is -2.48. The van der Waals surface area contributed by atoms with Gasteiger partial charge in [0.15, 0.2) is 0 Å². The van der Waals surface area contributed by atoms with Crippen molar-refractivity contribution in [1.29, 1.82) is 0 Å². The number of rotatable bonds is 5. The molecule has 0 bridgehead atoms. The summed E-state index contributed by atoms with van der Waals surface area (Å²) < 4.78 is 5.13. The van der Waals surface area contributed by atoms with Crippen LogP contribution in [0.4, 0.5) is 0 Å². The van der Waals surface area contributed by atoms with Gasteiger partial charge in [0, 0.05) is 24.7 Å². The maximum atomic E-state index is 12.2. The molecule has 5 nitrogen and oxygen atoms in total. The molecule has 1 aromatic carbocycles. The molecule has 1 aromatic rings. The summed E-state index contributed by atoms with van der Waals surface area (Å²) in [4.78, 5) is 14.4. The number of amides is 1. The number of piperidine rings is 1. The number of aliphatic hydroxyl groups excluding tert-OH is 1. The molecule has 1 atom stereocenters. The van der Waals surface area contributed by atoms with Crippen LogP contribution >= 0.6 is 0 Å². The van der Waals surface area contributed by atoms with E-state index < -0.39 is 0 Å². The number of benzene rings is 1. The Labute approximate surface area is 119 Å². The Balaban J connectivity index is 1.93. The molecule has 0 spiro atoms.